The Labute approximate surface area is 196 Å². The monoisotopic (exact) mass is 445 g/mol. The molecule has 2 aromatic rings. The summed E-state index contributed by atoms with van der Waals surface area (Å²) in [6.45, 7) is 12.2. The molecule has 0 fully saturated rings. The van der Waals surface area contributed by atoms with Gasteiger partial charge in [0.25, 0.3) is 0 Å². The fourth-order valence-corrected chi connectivity index (χ4v) is 5.04. The summed E-state index contributed by atoms with van der Waals surface area (Å²) in [5.41, 5.74) is 4.42. The highest BCUT2D eigenvalue weighted by molar-refractivity contribution is 6.02. The van der Waals surface area contributed by atoms with Crippen LogP contribution in [-0.2, 0) is 0 Å². The minimum atomic E-state index is -0.904. The summed E-state index contributed by atoms with van der Waals surface area (Å²) in [6.07, 6.45) is 6.45. The highest BCUT2D eigenvalue weighted by atomic mass is 16.5. The van der Waals surface area contributed by atoms with Crippen molar-refractivity contribution in [2.75, 3.05) is 31.1 Å². The largest absolute Gasteiger partial charge is 0.478 e. The van der Waals surface area contributed by atoms with Gasteiger partial charge in [0, 0.05) is 54.4 Å². The molecule has 5 nitrogen and oxygen atoms in total. The molecule has 33 heavy (non-hydrogen) atoms. The van der Waals surface area contributed by atoms with E-state index in [2.05, 4.69) is 73.6 Å². The molecule has 172 valence electrons. The Hall–Kier alpha value is -3.34. The second-order valence-electron chi connectivity index (χ2n) is 8.40. The van der Waals surface area contributed by atoms with Crippen molar-refractivity contribution in [2.24, 2.45) is 5.92 Å². The fourth-order valence-electron chi connectivity index (χ4n) is 5.04. The summed E-state index contributed by atoms with van der Waals surface area (Å²) in [4.78, 5) is 14.4. The van der Waals surface area contributed by atoms with Crippen LogP contribution in [0.15, 0.2) is 66.5 Å². The van der Waals surface area contributed by atoms with Crippen molar-refractivity contribution in [3.63, 3.8) is 0 Å². The minimum Gasteiger partial charge on any atom is -0.478 e. The third-order valence-electron chi connectivity index (χ3n) is 6.80. The van der Waals surface area contributed by atoms with Crippen molar-refractivity contribution in [1.29, 1.82) is 0 Å². The van der Waals surface area contributed by atoms with Gasteiger partial charge in [-0.15, -0.1) is 0 Å². The van der Waals surface area contributed by atoms with Crippen molar-refractivity contribution in [2.45, 2.75) is 33.6 Å². The van der Waals surface area contributed by atoms with Crippen LogP contribution in [0.2, 0.25) is 0 Å². The lowest BCUT2D eigenvalue weighted by molar-refractivity contribution is -0.519. The Kier molecular flexibility index (Phi) is 6.68. The van der Waals surface area contributed by atoms with Crippen molar-refractivity contribution >= 4 is 17.4 Å². The number of rotatable bonds is 7. The van der Waals surface area contributed by atoms with Gasteiger partial charge in [-0.3, -0.25) is 0 Å². The van der Waals surface area contributed by atoms with E-state index in [-0.39, 0.29) is 11.8 Å². The van der Waals surface area contributed by atoms with E-state index in [0.717, 1.165) is 60.2 Å². The maximum absolute atomic E-state index is 12.1. The van der Waals surface area contributed by atoms with Crippen LogP contribution < -0.4 is 9.64 Å². The summed E-state index contributed by atoms with van der Waals surface area (Å²) >= 11 is 0. The number of hydrogen-bond acceptors (Lipinski definition) is 3. The van der Waals surface area contributed by atoms with Crippen LogP contribution in [0, 0.1) is 5.92 Å². The molecule has 1 aliphatic carbocycles. The van der Waals surface area contributed by atoms with Crippen molar-refractivity contribution < 1.29 is 19.2 Å². The van der Waals surface area contributed by atoms with Gasteiger partial charge in [0.05, 0.1) is 5.56 Å². The van der Waals surface area contributed by atoms with Crippen LogP contribution in [0.4, 0.5) is 5.69 Å². The Morgan fingerprint density at radius 3 is 2.42 bits per heavy atom. The molecule has 2 unspecified atom stereocenters. The number of carboxylic acids is 1. The number of hydrogen-bond donors (Lipinski definition) is 1. The van der Waals surface area contributed by atoms with Crippen molar-refractivity contribution in [3.05, 3.63) is 83.1 Å². The molecule has 1 heterocycles. The van der Waals surface area contributed by atoms with E-state index in [1.54, 1.807) is 12.1 Å². The standard InChI is InChI=1S/C28H32N2O3/c1-5-29(6-2)19-13-15-23-25(17-19)33-26-18-20(30(7-3)8-4)14-16-24(26)27(23)21-11-9-10-12-22(21)28(31)32/h9-18,23,27H,5-8H2,1-4H3/p+1. The molecule has 0 spiro atoms. The summed E-state index contributed by atoms with van der Waals surface area (Å²) in [7, 11) is 0. The number of aromatic carboxylic acids is 1. The SMILES string of the molecule is CCN(CC)c1ccc2c(c1)OC1=CC(=[N+](CC)CC)C=CC1C2c1ccccc1C(=O)O. The summed E-state index contributed by atoms with van der Waals surface area (Å²) in [5.74, 6) is 0.582. The molecule has 0 bridgehead atoms. The van der Waals surface area contributed by atoms with Gasteiger partial charge in [0.15, 0.2) is 0 Å². The predicted molar refractivity (Wildman–Crippen MR) is 133 cm³/mol. The maximum atomic E-state index is 12.1. The van der Waals surface area contributed by atoms with Crippen LogP contribution in [0.25, 0.3) is 0 Å². The van der Waals surface area contributed by atoms with Crippen LogP contribution >= 0.6 is 0 Å². The molecule has 4 rings (SSSR count). The first kappa shape index (κ1) is 22.8. The number of ether oxygens (including phenoxy) is 1. The lowest BCUT2D eigenvalue weighted by atomic mass is 9.74. The highest BCUT2D eigenvalue weighted by Gasteiger charge is 2.38. The first-order valence-electron chi connectivity index (χ1n) is 11.9. The number of fused-ring (bicyclic) bond motifs is 2. The number of carboxylic acid groups (broad SMARTS) is 1. The number of allylic oxidation sites excluding steroid dienone is 3. The Balaban J connectivity index is 1.91. The molecule has 0 saturated heterocycles. The molecule has 1 aliphatic heterocycles. The number of carbonyl (C=O) groups is 1. The number of nitrogens with zero attached hydrogens (tertiary/aromatic N) is 2. The minimum absolute atomic E-state index is 0.0587. The molecule has 0 aromatic heterocycles. The van der Waals surface area contributed by atoms with Crippen LogP contribution in [-0.4, -0.2) is 47.5 Å². The van der Waals surface area contributed by atoms with Gasteiger partial charge in [-0.05, 0) is 45.4 Å². The average Bonchev–Trinajstić information content (AvgIpc) is 2.84. The van der Waals surface area contributed by atoms with Crippen molar-refractivity contribution in [1.82, 2.24) is 0 Å². The zero-order valence-corrected chi connectivity index (χ0v) is 19.9. The quantitative estimate of drug-likeness (QED) is 0.586. The average molecular weight is 446 g/mol. The molecule has 2 aliphatic rings. The zero-order chi connectivity index (χ0) is 23.5. The Bertz CT molecular complexity index is 1140. The molecule has 0 saturated carbocycles. The summed E-state index contributed by atoms with van der Waals surface area (Å²) < 4.78 is 8.82. The molecule has 0 amide bonds. The molecule has 0 radical (unpaired) electrons. The van der Waals surface area contributed by atoms with E-state index in [1.165, 1.54) is 0 Å². The number of benzene rings is 2. The van der Waals surface area contributed by atoms with E-state index in [9.17, 15) is 9.90 Å². The Morgan fingerprint density at radius 2 is 1.76 bits per heavy atom. The first-order valence-corrected chi connectivity index (χ1v) is 11.9. The zero-order valence-electron chi connectivity index (χ0n) is 19.9. The maximum Gasteiger partial charge on any atom is 0.335 e. The van der Waals surface area contributed by atoms with Gasteiger partial charge in [-0.2, -0.15) is 0 Å². The lowest BCUT2D eigenvalue weighted by Crippen LogP contribution is -2.30. The molecule has 2 aromatic carbocycles. The highest BCUT2D eigenvalue weighted by Crippen LogP contribution is 2.49. The molecule has 1 N–H and O–H groups in total. The van der Waals surface area contributed by atoms with E-state index >= 15 is 0 Å². The molecule has 2 atom stereocenters. The lowest BCUT2D eigenvalue weighted by Gasteiger charge is -2.36. The van der Waals surface area contributed by atoms with E-state index in [4.69, 9.17) is 4.74 Å². The fraction of sp³-hybridized carbons (Fsp3) is 0.357. The van der Waals surface area contributed by atoms with Gasteiger partial charge in [-0.25, -0.2) is 9.37 Å². The van der Waals surface area contributed by atoms with Gasteiger partial charge in [0.2, 0.25) is 5.71 Å². The third kappa shape index (κ3) is 4.20. The molecular weight excluding hydrogens is 412 g/mol. The van der Waals surface area contributed by atoms with Crippen LogP contribution in [0.5, 0.6) is 5.75 Å². The molecular formula is C28H33N2O3+. The van der Waals surface area contributed by atoms with Crippen molar-refractivity contribution in [3.8, 4) is 5.75 Å². The van der Waals surface area contributed by atoms with Gasteiger partial charge in [0.1, 0.15) is 24.6 Å². The predicted octanol–water partition coefficient (Wildman–Crippen LogP) is 5.32. The van der Waals surface area contributed by atoms with Crippen LogP contribution in [0.1, 0.15) is 55.1 Å². The summed E-state index contributed by atoms with van der Waals surface area (Å²) in [6, 6.07) is 13.7. The first-order chi connectivity index (χ1) is 16.0. The van der Waals surface area contributed by atoms with Gasteiger partial charge < -0.3 is 14.7 Å². The topological polar surface area (TPSA) is 52.8 Å². The normalized spacial score (nSPS) is 18.7. The van der Waals surface area contributed by atoms with E-state index in [1.807, 2.05) is 12.1 Å². The van der Waals surface area contributed by atoms with Crippen LogP contribution in [0.3, 0.4) is 0 Å². The second-order valence-corrected chi connectivity index (χ2v) is 8.40. The smallest absolute Gasteiger partial charge is 0.335 e. The second kappa shape index (κ2) is 9.65. The third-order valence-corrected chi connectivity index (χ3v) is 6.80. The Morgan fingerprint density at radius 1 is 1.03 bits per heavy atom. The van der Waals surface area contributed by atoms with E-state index in [0.29, 0.717) is 5.56 Å². The summed E-state index contributed by atoms with van der Waals surface area (Å²) in [5, 5.41) is 9.92. The van der Waals surface area contributed by atoms with E-state index < -0.39 is 5.97 Å². The number of anilines is 1. The van der Waals surface area contributed by atoms with Gasteiger partial charge in [-0.1, -0.05) is 30.3 Å². The van der Waals surface area contributed by atoms with Gasteiger partial charge >= 0.3 is 5.97 Å². The molecule has 5 heteroatoms.